The number of amides is 1. The molecule has 1 aliphatic carbocycles. The van der Waals surface area contributed by atoms with Crippen LogP contribution in [0, 0.1) is 11.3 Å². The van der Waals surface area contributed by atoms with Gasteiger partial charge in [0.25, 0.3) is 5.89 Å². The van der Waals surface area contributed by atoms with Crippen LogP contribution in [-0.2, 0) is 4.74 Å². The van der Waals surface area contributed by atoms with Gasteiger partial charge < -0.3 is 18.9 Å². The Hall–Kier alpha value is -2.57. The molecular weight excluding hydrogens is 358 g/mol. The third kappa shape index (κ3) is 4.13. The van der Waals surface area contributed by atoms with Crippen LogP contribution < -0.4 is 4.74 Å². The van der Waals surface area contributed by atoms with Gasteiger partial charge in [-0.2, -0.15) is 4.98 Å². The largest absolute Gasteiger partial charge is 0.461 e. The summed E-state index contributed by atoms with van der Waals surface area (Å²) in [6.45, 7) is 7.75. The third-order valence-electron chi connectivity index (χ3n) is 5.61. The fourth-order valence-corrected chi connectivity index (χ4v) is 3.88. The number of ether oxygens (including phenoxy) is 2. The molecule has 1 saturated heterocycles. The Morgan fingerprint density at radius 1 is 1.25 bits per heavy atom. The molecule has 28 heavy (non-hydrogen) atoms. The lowest BCUT2D eigenvalue weighted by molar-refractivity contribution is 0.0161. The zero-order valence-electron chi connectivity index (χ0n) is 16.7. The van der Waals surface area contributed by atoms with Gasteiger partial charge in [-0.15, -0.1) is 0 Å². The summed E-state index contributed by atoms with van der Waals surface area (Å²) < 4.78 is 16.5. The zero-order valence-corrected chi connectivity index (χ0v) is 16.7. The van der Waals surface area contributed by atoms with Crippen LogP contribution in [-0.4, -0.2) is 46.4 Å². The molecule has 2 heterocycles. The van der Waals surface area contributed by atoms with Gasteiger partial charge in [0.2, 0.25) is 0 Å². The lowest BCUT2D eigenvalue weighted by Crippen LogP contribution is -2.42. The van der Waals surface area contributed by atoms with Gasteiger partial charge in [-0.1, -0.05) is 18.2 Å². The van der Waals surface area contributed by atoms with Gasteiger partial charge >= 0.3 is 12.1 Å². The number of carbonyl (C=O) groups excluding carboxylic acids is 1. The molecule has 0 unspecified atom stereocenters. The van der Waals surface area contributed by atoms with E-state index in [2.05, 4.69) is 10.1 Å². The van der Waals surface area contributed by atoms with Gasteiger partial charge in [-0.3, -0.25) is 0 Å². The van der Waals surface area contributed by atoms with Crippen LogP contribution in [0.15, 0.2) is 34.9 Å². The predicted octanol–water partition coefficient (Wildman–Crippen LogP) is 4.15. The molecule has 2 aromatic rings. The number of hydrogen-bond donors (Lipinski definition) is 0. The molecule has 0 radical (unpaired) electrons. The first-order chi connectivity index (χ1) is 13.3. The van der Waals surface area contributed by atoms with E-state index < -0.39 is 5.60 Å². The van der Waals surface area contributed by atoms with E-state index in [0.717, 1.165) is 37.9 Å². The number of piperidine rings is 1. The third-order valence-corrected chi connectivity index (χ3v) is 5.61. The summed E-state index contributed by atoms with van der Waals surface area (Å²) >= 11 is 0. The van der Waals surface area contributed by atoms with Crippen molar-refractivity contribution < 1.29 is 18.8 Å². The summed E-state index contributed by atoms with van der Waals surface area (Å²) in [6.07, 6.45) is 2.89. The Labute approximate surface area is 165 Å². The first-order valence-electron chi connectivity index (χ1n) is 9.85. The highest BCUT2D eigenvalue weighted by atomic mass is 16.6. The molecule has 0 N–H and O–H groups in total. The second-order valence-corrected chi connectivity index (χ2v) is 8.79. The van der Waals surface area contributed by atoms with Crippen molar-refractivity contribution in [2.75, 3.05) is 19.7 Å². The minimum absolute atomic E-state index is 0.212. The lowest BCUT2D eigenvalue weighted by atomic mass is 9.91. The van der Waals surface area contributed by atoms with Crippen LogP contribution >= 0.6 is 0 Å². The number of hydrogen-bond acceptors (Lipinski definition) is 6. The fourth-order valence-electron chi connectivity index (χ4n) is 3.88. The average Bonchev–Trinajstić information content (AvgIpc) is 3.11. The van der Waals surface area contributed by atoms with E-state index in [1.54, 1.807) is 0 Å². The quantitative estimate of drug-likeness (QED) is 0.787. The summed E-state index contributed by atoms with van der Waals surface area (Å²) in [5, 5.41) is 3.92. The monoisotopic (exact) mass is 385 g/mol. The van der Waals surface area contributed by atoms with E-state index in [4.69, 9.17) is 14.0 Å². The molecule has 7 heteroatoms. The van der Waals surface area contributed by atoms with Crippen LogP contribution in [0.5, 0.6) is 6.01 Å². The van der Waals surface area contributed by atoms with Crippen molar-refractivity contribution in [2.24, 2.45) is 11.3 Å². The average molecular weight is 385 g/mol. The van der Waals surface area contributed by atoms with Crippen LogP contribution in [0.25, 0.3) is 11.5 Å². The summed E-state index contributed by atoms with van der Waals surface area (Å²) in [5.74, 6) is 0.943. The molecule has 2 aliphatic rings. The molecule has 1 spiro atoms. The molecule has 1 atom stereocenters. The molecule has 1 aromatic heterocycles. The second-order valence-electron chi connectivity index (χ2n) is 8.79. The highest BCUT2D eigenvalue weighted by Crippen LogP contribution is 2.59. The maximum absolute atomic E-state index is 12.2. The summed E-state index contributed by atoms with van der Waals surface area (Å²) in [5.41, 5.74) is 0.706. The normalized spacial score (nSPS) is 20.8. The van der Waals surface area contributed by atoms with Gasteiger partial charge in [0.1, 0.15) is 5.60 Å². The van der Waals surface area contributed by atoms with Crippen molar-refractivity contribution >= 4 is 6.09 Å². The zero-order chi connectivity index (χ0) is 19.8. The number of aromatic nitrogens is 2. The summed E-state index contributed by atoms with van der Waals surface area (Å²) in [7, 11) is 0. The highest BCUT2D eigenvalue weighted by molar-refractivity contribution is 5.68. The van der Waals surface area contributed by atoms with Crippen molar-refractivity contribution in [3.63, 3.8) is 0 Å². The molecule has 1 aliphatic heterocycles. The molecule has 0 bridgehead atoms. The van der Waals surface area contributed by atoms with Crippen molar-refractivity contribution in [1.29, 1.82) is 0 Å². The van der Waals surface area contributed by atoms with E-state index >= 15 is 0 Å². The Bertz CT molecular complexity index is 820. The second kappa shape index (κ2) is 7.11. The molecule has 2 fully saturated rings. The first kappa shape index (κ1) is 18.8. The molecule has 1 amide bonds. The standard InChI is InChI=1S/C21H27N3O4/c1-20(2,3)27-19(25)24-11-9-21(10-12-24)13-16(21)14-26-18-22-17(28-23-18)15-7-5-4-6-8-15/h4-8,16H,9-14H2,1-3H3/t16-/m0/s1. The summed E-state index contributed by atoms with van der Waals surface area (Å²) in [6, 6.07) is 9.93. The maximum atomic E-state index is 12.2. The van der Waals surface area contributed by atoms with Gasteiger partial charge in [-0.25, -0.2) is 4.79 Å². The van der Waals surface area contributed by atoms with E-state index in [1.807, 2.05) is 56.0 Å². The molecule has 7 nitrogen and oxygen atoms in total. The van der Waals surface area contributed by atoms with E-state index in [-0.39, 0.29) is 17.5 Å². The number of carbonyl (C=O) groups is 1. The lowest BCUT2D eigenvalue weighted by Gasteiger charge is -2.34. The highest BCUT2D eigenvalue weighted by Gasteiger charge is 2.55. The van der Waals surface area contributed by atoms with Crippen LogP contribution in [0.2, 0.25) is 0 Å². The summed E-state index contributed by atoms with van der Waals surface area (Å²) in [4.78, 5) is 18.3. The van der Waals surface area contributed by atoms with Crippen molar-refractivity contribution in [3.8, 4) is 17.5 Å². The van der Waals surface area contributed by atoms with E-state index in [9.17, 15) is 4.79 Å². The van der Waals surface area contributed by atoms with Crippen LogP contribution in [0.3, 0.4) is 0 Å². The minimum Gasteiger partial charge on any atom is -0.461 e. The predicted molar refractivity (Wildman–Crippen MR) is 103 cm³/mol. The van der Waals surface area contributed by atoms with Gasteiger partial charge in [0, 0.05) is 18.7 Å². The topological polar surface area (TPSA) is 77.7 Å². The number of benzene rings is 1. The van der Waals surface area contributed by atoms with Crippen molar-refractivity contribution in [3.05, 3.63) is 30.3 Å². The Morgan fingerprint density at radius 3 is 2.64 bits per heavy atom. The van der Waals surface area contributed by atoms with Crippen LogP contribution in [0.4, 0.5) is 4.79 Å². The van der Waals surface area contributed by atoms with Crippen LogP contribution in [0.1, 0.15) is 40.0 Å². The smallest absolute Gasteiger partial charge is 0.410 e. The van der Waals surface area contributed by atoms with Crippen molar-refractivity contribution in [2.45, 2.75) is 45.6 Å². The molecular formula is C21H27N3O4. The van der Waals surface area contributed by atoms with Gasteiger partial charge in [0.05, 0.1) is 6.61 Å². The van der Waals surface area contributed by atoms with Gasteiger partial charge in [0.15, 0.2) is 0 Å². The maximum Gasteiger partial charge on any atom is 0.410 e. The Kier molecular flexibility index (Phi) is 4.77. The minimum atomic E-state index is -0.453. The first-order valence-corrected chi connectivity index (χ1v) is 9.85. The SMILES string of the molecule is CC(C)(C)OC(=O)N1CCC2(CC1)C[C@H]2COc1noc(-c2ccccc2)n1. The number of rotatable bonds is 4. The molecule has 150 valence electrons. The number of likely N-dealkylation sites (tertiary alicyclic amines) is 1. The van der Waals surface area contributed by atoms with Gasteiger partial charge in [-0.05, 0) is 68.7 Å². The Morgan fingerprint density at radius 2 is 1.96 bits per heavy atom. The van der Waals surface area contributed by atoms with E-state index in [0.29, 0.717) is 18.4 Å². The van der Waals surface area contributed by atoms with Crippen molar-refractivity contribution in [1.82, 2.24) is 15.0 Å². The number of nitrogens with zero attached hydrogens (tertiary/aromatic N) is 3. The Balaban J connectivity index is 1.25. The molecule has 4 rings (SSSR count). The fraction of sp³-hybridized carbons (Fsp3) is 0.571. The molecule has 1 aromatic carbocycles. The van der Waals surface area contributed by atoms with E-state index in [1.165, 1.54) is 0 Å². The molecule has 1 saturated carbocycles.